The summed E-state index contributed by atoms with van der Waals surface area (Å²) < 4.78 is 0. The van der Waals surface area contributed by atoms with E-state index in [1.165, 1.54) is 11.4 Å². The first-order chi connectivity index (χ1) is 5.11. The van der Waals surface area contributed by atoms with Crippen LogP contribution >= 0.6 is 34.5 Å². The van der Waals surface area contributed by atoms with Gasteiger partial charge in [-0.3, -0.25) is 9.59 Å². The van der Waals surface area contributed by atoms with Crippen LogP contribution in [0.4, 0.5) is 0 Å². The fourth-order valence-corrected chi connectivity index (χ4v) is 1.62. The predicted octanol–water partition coefficient (Wildman–Crippen LogP) is 2.51. The van der Waals surface area contributed by atoms with Crippen molar-refractivity contribution in [3.63, 3.8) is 0 Å². The Labute approximate surface area is 76.7 Å². The highest BCUT2D eigenvalue weighted by Crippen LogP contribution is 2.17. The van der Waals surface area contributed by atoms with Gasteiger partial charge >= 0.3 is 0 Å². The summed E-state index contributed by atoms with van der Waals surface area (Å²) >= 11 is 11.4. The Kier molecular flexibility index (Phi) is 2.65. The van der Waals surface area contributed by atoms with Gasteiger partial charge in [0.2, 0.25) is 0 Å². The number of hydrogen-bond donors (Lipinski definition) is 0. The van der Waals surface area contributed by atoms with Crippen molar-refractivity contribution < 1.29 is 9.59 Å². The lowest BCUT2D eigenvalue weighted by Gasteiger charge is -1.80. The molecule has 0 radical (unpaired) electrons. The van der Waals surface area contributed by atoms with Gasteiger partial charge < -0.3 is 0 Å². The fraction of sp³-hybridized carbons (Fsp3) is 0. The van der Waals surface area contributed by atoms with Crippen molar-refractivity contribution in [2.45, 2.75) is 0 Å². The molecule has 0 amide bonds. The van der Waals surface area contributed by atoms with Gasteiger partial charge in [0.05, 0.1) is 4.88 Å². The SMILES string of the molecule is O=C(Cl)c1csc(C(=O)Cl)c1. The van der Waals surface area contributed by atoms with E-state index in [4.69, 9.17) is 23.2 Å². The zero-order valence-electron chi connectivity index (χ0n) is 5.14. The quantitative estimate of drug-likeness (QED) is 0.701. The van der Waals surface area contributed by atoms with Crippen molar-refractivity contribution >= 4 is 45.0 Å². The fourth-order valence-electron chi connectivity index (χ4n) is 0.542. The van der Waals surface area contributed by atoms with Crippen LogP contribution in [0.5, 0.6) is 0 Å². The van der Waals surface area contributed by atoms with Crippen molar-refractivity contribution in [3.8, 4) is 0 Å². The third kappa shape index (κ3) is 2.02. The van der Waals surface area contributed by atoms with Gasteiger partial charge in [-0.15, -0.1) is 11.3 Å². The second kappa shape index (κ2) is 3.34. The maximum absolute atomic E-state index is 10.5. The maximum atomic E-state index is 10.5. The summed E-state index contributed by atoms with van der Waals surface area (Å²) in [6.07, 6.45) is 0. The lowest BCUT2D eigenvalue weighted by molar-refractivity contribution is 0.108. The third-order valence-corrected chi connectivity index (χ3v) is 2.48. The number of rotatable bonds is 2. The van der Waals surface area contributed by atoms with Gasteiger partial charge in [0.25, 0.3) is 10.5 Å². The van der Waals surface area contributed by atoms with E-state index in [2.05, 4.69) is 0 Å². The van der Waals surface area contributed by atoms with Crippen molar-refractivity contribution in [1.82, 2.24) is 0 Å². The molecule has 0 atom stereocenters. The van der Waals surface area contributed by atoms with Crippen LogP contribution in [0.25, 0.3) is 0 Å². The normalized spacial score (nSPS) is 9.64. The minimum atomic E-state index is -0.578. The maximum Gasteiger partial charge on any atom is 0.262 e. The number of thiophene rings is 1. The minimum absolute atomic E-state index is 0.306. The molecule has 0 bridgehead atoms. The van der Waals surface area contributed by atoms with E-state index in [1.54, 1.807) is 0 Å². The number of carbonyl (C=O) groups excluding carboxylic acids is 2. The molecule has 0 unspecified atom stereocenters. The molecule has 5 heteroatoms. The average Bonchev–Trinajstić information content (AvgIpc) is 2.33. The number of halogens is 2. The van der Waals surface area contributed by atoms with Crippen LogP contribution in [0.3, 0.4) is 0 Å². The van der Waals surface area contributed by atoms with Gasteiger partial charge in [0, 0.05) is 10.9 Å². The molecule has 0 aliphatic heterocycles. The average molecular weight is 209 g/mol. The van der Waals surface area contributed by atoms with E-state index in [1.807, 2.05) is 0 Å². The molecule has 0 fully saturated rings. The number of carbonyl (C=O) groups is 2. The van der Waals surface area contributed by atoms with Crippen molar-refractivity contribution in [1.29, 1.82) is 0 Å². The van der Waals surface area contributed by atoms with Crippen LogP contribution in [0.15, 0.2) is 11.4 Å². The van der Waals surface area contributed by atoms with E-state index >= 15 is 0 Å². The van der Waals surface area contributed by atoms with Gasteiger partial charge in [-0.1, -0.05) is 0 Å². The van der Waals surface area contributed by atoms with E-state index in [-0.39, 0.29) is 0 Å². The Morgan fingerprint density at radius 2 is 1.91 bits per heavy atom. The zero-order valence-corrected chi connectivity index (χ0v) is 7.46. The van der Waals surface area contributed by atoms with Crippen molar-refractivity contribution in [2.75, 3.05) is 0 Å². The Morgan fingerprint density at radius 3 is 2.18 bits per heavy atom. The Bertz CT molecular complexity index is 277. The molecule has 1 aromatic rings. The molecule has 1 heterocycles. The van der Waals surface area contributed by atoms with Gasteiger partial charge in [-0.2, -0.15) is 0 Å². The molecule has 0 N–H and O–H groups in total. The Morgan fingerprint density at radius 1 is 1.27 bits per heavy atom. The van der Waals surface area contributed by atoms with Crippen LogP contribution in [0.2, 0.25) is 0 Å². The summed E-state index contributed by atoms with van der Waals surface area (Å²) in [7, 11) is 0. The molecular formula is C6H2Cl2O2S. The lowest BCUT2D eigenvalue weighted by atomic mass is 10.3. The zero-order chi connectivity index (χ0) is 8.43. The summed E-state index contributed by atoms with van der Waals surface area (Å²) in [6, 6.07) is 1.37. The van der Waals surface area contributed by atoms with E-state index in [0.29, 0.717) is 10.4 Å². The summed E-state index contributed by atoms with van der Waals surface area (Å²) in [5, 5.41) is 0.342. The first kappa shape index (κ1) is 8.71. The smallest absolute Gasteiger partial charge is 0.262 e. The topological polar surface area (TPSA) is 34.1 Å². The van der Waals surface area contributed by atoms with Crippen LogP contribution in [0, 0.1) is 0 Å². The first-order valence-corrected chi connectivity index (χ1v) is 4.23. The predicted molar refractivity (Wildman–Crippen MR) is 44.7 cm³/mol. The summed E-state index contributed by atoms with van der Waals surface area (Å²) in [5.74, 6) is 0. The second-order valence-electron chi connectivity index (χ2n) is 1.75. The van der Waals surface area contributed by atoms with E-state index in [9.17, 15) is 9.59 Å². The Hall–Kier alpha value is -0.380. The molecule has 0 aliphatic carbocycles. The lowest BCUT2D eigenvalue weighted by Crippen LogP contribution is -1.84. The highest BCUT2D eigenvalue weighted by atomic mass is 35.5. The molecule has 1 rings (SSSR count). The summed E-state index contributed by atoms with van der Waals surface area (Å²) in [6.45, 7) is 0. The molecule has 58 valence electrons. The van der Waals surface area contributed by atoms with Crippen LogP contribution in [-0.4, -0.2) is 10.5 Å². The molecule has 0 aliphatic rings. The summed E-state index contributed by atoms with van der Waals surface area (Å²) in [4.78, 5) is 21.3. The van der Waals surface area contributed by atoms with Gasteiger partial charge in [-0.05, 0) is 29.3 Å². The van der Waals surface area contributed by atoms with Crippen molar-refractivity contribution in [3.05, 3.63) is 21.9 Å². The van der Waals surface area contributed by atoms with Crippen LogP contribution < -0.4 is 0 Å². The number of hydrogen-bond acceptors (Lipinski definition) is 3. The van der Waals surface area contributed by atoms with Gasteiger partial charge in [-0.25, -0.2) is 0 Å². The van der Waals surface area contributed by atoms with Crippen LogP contribution in [0.1, 0.15) is 20.0 Å². The Balaban J connectivity index is 2.99. The molecule has 0 saturated heterocycles. The molecule has 0 spiro atoms. The monoisotopic (exact) mass is 208 g/mol. The van der Waals surface area contributed by atoms with Crippen molar-refractivity contribution in [2.24, 2.45) is 0 Å². The molecule has 0 saturated carbocycles. The summed E-state index contributed by atoms with van der Waals surface area (Å²) in [5.41, 5.74) is 0.306. The van der Waals surface area contributed by atoms with Crippen LogP contribution in [-0.2, 0) is 0 Å². The van der Waals surface area contributed by atoms with E-state index < -0.39 is 10.5 Å². The minimum Gasteiger partial charge on any atom is -0.276 e. The second-order valence-corrected chi connectivity index (χ2v) is 3.34. The highest BCUT2D eigenvalue weighted by Gasteiger charge is 2.09. The first-order valence-electron chi connectivity index (χ1n) is 2.59. The standard InChI is InChI=1S/C6H2Cl2O2S/c7-5(9)3-1-4(6(8)10)11-2-3/h1-2H. The van der Waals surface area contributed by atoms with Gasteiger partial charge in [0.1, 0.15) is 0 Å². The molecule has 1 aromatic heterocycles. The highest BCUT2D eigenvalue weighted by molar-refractivity contribution is 7.14. The van der Waals surface area contributed by atoms with E-state index in [0.717, 1.165) is 11.3 Å². The molecule has 11 heavy (non-hydrogen) atoms. The third-order valence-electron chi connectivity index (χ3n) is 1.02. The molecule has 2 nitrogen and oxygen atoms in total. The van der Waals surface area contributed by atoms with Gasteiger partial charge in [0.15, 0.2) is 0 Å². The molecular weight excluding hydrogens is 207 g/mol. The largest absolute Gasteiger partial charge is 0.276 e. The molecule has 0 aromatic carbocycles.